The molecule has 2 aromatic carbocycles. The van der Waals surface area contributed by atoms with Crippen molar-refractivity contribution in [2.75, 3.05) is 18.0 Å². The second-order valence-corrected chi connectivity index (χ2v) is 10.4. The zero-order valence-corrected chi connectivity index (χ0v) is 21.0. The fourth-order valence-electron chi connectivity index (χ4n) is 5.28. The van der Waals surface area contributed by atoms with E-state index >= 15 is 0 Å². The molecule has 1 atom stereocenters. The number of hydrogen-bond donors (Lipinski definition) is 2. The fraction of sp³-hybridized carbons (Fsp3) is 0.286. The van der Waals surface area contributed by atoms with Gasteiger partial charge in [0.15, 0.2) is 0 Å². The number of anilines is 1. The highest BCUT2D eigenvalue weighted by atomic mass is 35.5. The topological polar surface area (TPSA) is 83.5 Å². The van der Waals surface area contributed by atoms with Gasteiger partial charge in [0.05, 0.1) is 16.3 Å². The van der Waals surface area contributed by atoms with Crippen LogP contribution in [0.5, 0.6) is 5.75 Å². The standard InChI is InChI=1S/C28H26ClFN4O3/c1-32-10-11-34(27(32)36)24-5-2-17(12-23(24)29)21-14-20(30)15-22(26(21)35)18-6-8-31-25(13-18)33-9-7-28(37,16-33)19-3-4-19/h2,5-6,8,10-15,19,35,37H,3-4,7,9,16H2,1H3. The maximum absolute atomic E-state index is 14.8. The van der Waals surface area contributed by atoms with Gasteiger partial charge in [0.2, 0.25) is 0 Å². The molecule has 0 bridgehead atoms. The molecule has 2 aliphatic rings. The molecule has 190 valence electrons. The van der Waals surface area contributed by atoms with Gasteiger partial charge in [0.1, 0.15) is 17.4 Å². The number of aryl methyl sites for hydroxylation is 1. The van der Waals surface area contributed by atoms with E-state index in [0.29, 0.717) is 58.6 Å². The van der Waals surface area contributed by atoms with Crippen LogP contribution < -0.4 is 10.6 Å². The second kappa shape index (κ2) is 8.75. The molecule has 1 saturated carbocycles. The lowest BCUT2D eigenvalue weighted by Gasteiger charge is -2.24. The molecule has 1 saturated heterocycles. The molecule has 0 spiro atoms. The first-order valence-electron chi connectivity index (χ1n) is 12.2. The summed E-state index contributed by atoms with van der Waals surface area (Å²) in [4.78, 5) is 18.8. The van der Waals surface area contributed by atoms with Crippen LogP contribution in [0.1, 0.15) is 19.3 Å². The van der Waals surface area contributed by atoms with Gasteiger partial charge in [-0.1, -0.05) is 17.7 Å². The first kappa shape index (κ1) is 23.8. The Hall–Kier alpha value is -3.62. The third kappa shape index (κ3) is 4.20. The van der Waals surface area contributed by atoms with Crippen molar-refractivity contribution in [1.82, 2.24) is 14.1 Å². The molecule has 7 nitrogen and oxygen atoms in total. The fourth-order valence-corrected chi connectivity index (χ4v) is 5.55. The van der Waals surface area contributed by atoms with Gasteiger partial charge in [-0.15, -0.1) is 0 Å². The van der Waals surface area contributed by atoms with Crippen LogP contribution in [-0.2, 0) is 7.05 Å². The van der Waals surface area contributed by atoms with E-state index in [4.69, 9.17) is 11.6 Å². The Kier molecular flexibility index (Phi) is 5.62. The Morgan fingerprint density at radius 2 is 1.81 bits per heavy atom. The van der Waals surface area contributed by atoms with Crippen LogP contribution in [0.15, 0.2) is 65.8 Å². The molecule has 1 unspecified atom stereocenters. The van der Waals surface area contributed by atoms with Crippen molar-refractivity contribution in [2.45, 2.75) is 24.9 Å². The molecule has 3 heterocycles. The molecule has 9 heteroatoms. The third-order valence-corrected chi connectivity index (χ3v) is 7.84. The summed E-state index contributed by atoms with van der Waals surface area (Å²) in [6, 6.07) is 11.1. The van der Waals surface area contributed by atoms with Gasteiger partial charge in [-0.05, 0) is 72.7 Å². The highest BCUT2D eigenvalue weighted by Crippen LogP contribution is 2.46. The molecule has 1 aliphatic heterocycles. The molecule has 2 aromatic heterocycles. The van der Waals surface area contributed by atoms with Crippen LogP contribution >= 0.6 is 11.6 Å². The molecular formula is C28H26ClFN4O3. The van der Waals surface area contributed by atoms with Crippen LogP contribution in [0.2, 0.25) is 5.02 Å². The minimum absolute atomic E-state index is 0.0878. The number of rotatable bonds is 5. The van der Waals surface area contributed by atoms with E-state index < -0.39 is 11.4 Å². The van der Waals surface area contributed by atoms with E-state index in [2.05, 4.69) is 4.98 Å². The average Bonchev–Trinajstić information content (AvgIpc) is 3.61. The number of pyridine rings is 1. The Morgan fingerprint density at radius 1 is 1.08 bits per heavy atom. The number of aromatic hydroxyl groups is 1. The van der Waals surface area contributed by atoms with Crippen LogP contribution in [0.3, 0.4) is 0 Å². The zero-order valence-electron chi connectivity index (χ0n) is 20.2. The first-order valence-corrected chi connectivity index (χ1v) is 12.6. The summed E-state index contributed by atoms with van der Waals surface area (Å²) in [6.07, 6.45) is 7.70. The number of benzene rings is 2. The Bertz CT molecular complexity index is 1580. The number of aliphatic hydroxyl groups is 1. The maximum Gasteiger partial charge on any atom is 0.332 e. The zero-order chi connectivity index (χ0) is 25.9. The third-order valence-electron chi connectivity index (χ3n) is 7.54. The molecular weight excluding hydrogens is 495 g/mol. The van der Waals surface area contributed by atoms with E-state index in [1.165, 1.54) is 21.3 Å². The van der Waals surface area contributed by atoms with Crippen molar-refractivity contribution in [3.05, 3.63) is 82.4 Å². The van der Waals surface area contributed by atoms with Gasteiger partial charge in [0, 0.05) is 49.9 Å². The van der Waals surface area contributed by atoms with E-state index in [1.54, 1.807) is 49.9 Å². The van der Waals surface area contributed by atoms with Gasteiger partial charge in [-0.2, -0.15) is 0 Å². The van der Waals surface area contributed by atoms with Gasteiger partial charge < -0.3 is 19.7 Å². The molecule has 6 rings (SSSR count). The number of phenolic OH excluding ortho intramolecular Hbond substituents is 1. The van der Waals surface area contributed by atoms with E-state index in [1.807, 2.05) is 11.0 Å². The van der Waals surface area contributed by atoms with E-state index in [0.717, 1.165) is 12.8 Å². The van der Waals surface area contributed by atoms with Crippen LogP contribution in [-0.4, -0.2) is 43.0 Å². The summed E-state index contributed by atoms with van der Waals surface area (Å²) in [5.41, 5.74) is 1.31. The second-order valence-electron chi connectivity index (χ2n) is 10.0. The van der Waals surface area contributed by atoms with Crippen molar-refractivity contribution in [1.29, 1.82) is 0 Å². The average molecular weight is 521 g/mol. The van der Waals surface area contributed by atoms with Crippen LogP contribution in [0.25, 0.3) is 27.9 Å². The molecule has 2 fully saturated rings. The van der Waals surface area contributed by atoms with Crippen molar-refractivity contribution in [3.63, 3.8) is 0 Å². The molecule has 4 aromatic rings. The summed E-state index contributed by atoms with van der Waals surface area (Å²) in [5, 5.41) is 22.4. The van der Waals surface area contributed by atoms with Crippen molar-refractivity contribution >= 4 is 17.4 Å². The lowest BCUT2D eigenvalue weighted by atomic mass is 9.97. The van der Waals surface area contributed by atoms with E-state index in [9.17, 15) is 19.4 Å². The van der Waals surface area contributed by atoms with Gasteiger partial charge in [0.25, 0.3) is 0 Å². The number of aromatic nitrogens is 3. The maximum atomic E-state index is 14.8. The molecule has 0 amide bonds. The lowest BCUT2D eigenvalue weighted by Crippen LogP contribution is -2.35. The summed E-state index contributed by atoms with van der Waals surface area (Å²) < 4.78 is 17.7. The number of nitrogens with zero attached hydrogens (tertiary/aromatic N) is 4. The Morgan fingerprint density at radius 3 is 2.46 bits per heavy atom. The molecule has 0 radical (unpaired) electrons. The minimum Gasteiger partial charge on any atom is -0.507 e. The summed E-state index contributed by atoms with van der Waals surface area (Å²) in [7, 11) is 1.65. The minimum atomic E-state index is -0.678. The lowest BCUT2D eigenvalue weighted by molar-refractivity contribution is 0.0400. The molecule has 1 aliphatic carbocycles. The van der Waals surface area contributed by atoms with Crippen LogP contribution in [0.4, 0.5) is 10.2 Å². The number of hydrogen-bond acceptors (Lipinski definition) is 5. The highest BCUT2D eigenvalue weighted by Gasteiger charge is 2.48. The predicted octanol–water partition coefficient (Wildman–Crippen LogP) is 4.75. The number of halogens is 2. The number of imidazole rings is 1. The Labute approximate surface area is 218 Å². The number of β-amino-alcohol motifs (C(OH)–C–C–N with tert-alkyl or cyclic N) is 1. The summed E-state index contributed by atoms with van der Waals surface area (Å²) in [6.45, 7) is 1.21. The van der Waals surface area contributed by atoms with Gasteiger partial charge in [-0.3, -0.25) is 4.57 Å². The van der Waals surface area contributed by atoms with Crippen LogP contribution in [0, 0.1) is 11.7 Å². The predicted molar refractivity (Wildman–Crippen MR) is 141 cm³/mol. The summed E-state index contributed by atoms with van der Waals surface area (Å²) in [5.74, 6) is 0.439. The molecule has 37 heavy (non-hydrogen) atoms. The largest absolute Gasteiger partial charge is 0.507 e. The quantitative estimate of drug-likeness (QED) is 0.396. The van der Waals surface area contributed by atoms with Gasteiger partial charge >= 0.3 is 5.69 Å². The van der Waals surface area contributed by atoms with Gasteiger partial charge in [-0.25, -0.2) is 14.2 Å². The summed E-state index contributed by atoms with van der Waals surface area (Å²) >= 11 is 6.51. The van der Waals surface area contributed by atoms with Crippen molar-refractivity contribution < 1.29 is 14.6 Å². The highest BCUT2D eigenvalue weighted by molar-refractivity contribution is 6.32. The molecule has 2 N–H and O–H groups in total. The normalized spacial score (nSPS) is 19.5. The smallest absolute Gasteiger partial charge is 0.332 e. The van der Waals surface area contributed by atoms with E-state index in [-0.39, 0.29) is 17.0 Å². The van der Waals surface area contributed by atoms with Crippen molar-refractivity contribution in [2.24, 2.45) is 13.0 Å². The monoisotopic (exact) mass is 520 g/mol. The Balaban J connectivity index is 1.35. The number of phenols is 1. The first-order chi connectivity index (χ1) is 17.7. The van der Waals surface area contributed by atoms with Crippen molar-refractivity contribution in [3.8, 4) is 33.7 Å². The SMILES string of the molecule is Cn1ccn(-c2ccc(-c3cc(F)cc(-c4ccnc(N5CCC(O)(C6CC6)C5)c4)c3O)cc2Cl)c1=O.